The van der Waals surface area contributed by atoms with Gasteiger partial charge < -0.3 is 10.2 Å². The van der Waals surface area contributed by atoms with Crippen molar-refractivity contribution in [2.45, 2.75) is 19.0 Å². The molecule has 0 radical (unpaired) electrons. The molecule has 1 amide bonds. The summed E-state index contributed by atoms with van der Waals surface area (Å²) in [5.41, 5.74) is 2.60. The molecule has 7 nitrogen and oxygen atoms in total. The maximum Gasteiger partial charge on any atom is 0.438 e. The number of fused-ring (bicyclic) bond motifs is 1. The largest absolute Gasteiger partial charge is 0.438 e. The Morgan fingerprint density at radius 1 is 1.27 bits per heavy atom. The van der Waals surface area contributed by atoms with E-state index in [1.807, 2.05) is 23.1 Å². The normalized spacial score (nSPS) is 15.7. The number of alkyl halides is 3. The number of benzene rings is 2. The molecule has 0 saturated heterocycles. The van der Waals surface area contributed by atoms with Crippen molar-refractivity contribution in [1.29, 1.82) is 0 Å². The number of H-pyrrole nitrogens is 1. The molecule has 33 heavy (non-hydrogen) atoms. The van der Waals surface area contributed by atoms with Crippen LogP contribution < -0.4 is 16.0 Å². The molecule has 4 rings (SSSR count). The van der Waals surface area contributed by atoms with Crippen LogP contribution in [0.4, 0.5) is 24.5 Å². The SMILES string of the molecule is C=CC(=O)NCC1Cc2c(Cc3noc(=O)[nH]3)cccc2N(c2ccc(C(F)(F)F)cc2)C1. The molecule has 0 spiro atoms. The molecule has 2 heterocycles. The molecule has 2 aromatic carbocycles. The maximum atomic E-state index is 13.0. The van der Waals surface area contributed by atoms with E-state index in [1.54, 1.807) is 0 Å². The predicted octanol–water partition coefficient (Wildman–Crippen LogP) is 3.59. The highest BCUT2D eigenvalue weighted by molar-refractivity contribution is 5.86. The number of rotatable bonds is 6. The predicted molar refractivity (Wildman–Crippen MR) is 115 cm³/mol. The molecular formula is C23H21F3N4O3. The number of hydrogen-bond acceptors (Lipinski definition) is 5. The van der Waals surface area contributed by atoms with Crippen molar-refractivity contribution in [3.63, 3.8) is 0 Å². The number of halogens is 3. The molecule has 0 saturated carbocycles. The Morgan fingerprint density at radius 2 is 2.03 bits per heavy atom. The Bertz CT molecular complexity index is 1210. The van der Waals surface area contributed by atoms with Crippen molar-refractivity contribution in [2.24, 2.45) is 5.92 Å². The molecule has 0 aliphatic carbocycles. The number of anilines is 2. The second-order valence-corrected chi connectivity index (χ2v) is 7.81. The van der Waals surface area contributed by atoms with Gasteiger partial charge in [-0.15, -0.1) is 0 Å². The molecular weight excluding hydrogens is 437 g/mol. The van der Waals surface area contributed by atoms with Crippen LogP contribution in [0.3, 0.4) is 0 Å². The van der Waals surface area contributed by atoms with Gasteiger partial charge >= 0.3 is 11.9 Å². The van der Waals surface area contributed by atoms with Gasteiger partial charge in [-0.3, -0.25) is 14.3 Å². The van der Waals surface area contributed by atoms with Gasteiger partial charge in [0.1, 0.15) is 0 Å². The molecule has 3 aromatic rings. The second kappa shape index (κ2) is 8.97. The van der Waals surface area contributed by atoms with Crippen LogP contribution in [0, 0.1) is 5.92 Å². The number of nitrogens with one attached hydrogen (secondary N) is 2. The Hall–Kier alpha value is -3.82. The summed E-state index contributed by atoms with van der Waals surface area (Å²) in [7, 11) is 0. The molecule has 10 heteroatoms. The number of amides is 1. The third-order valence-corrected chi connectivity index (χ3v) is 5.57. The molecule has 1 aliphatic rings. The van der Waals surface area contributed by atoms with E-state index in [2.05, 4.69) is 26.6 Å². The summed E-state index contributed by atoms with van der Waals surface area (Å²) >= 11 is 0. The standard InChI is InChI=1S/C23H21F3N4O3/c1-2-21(31)27-12-14-10-18-15(11-20-28-22(32)33-29-20)4-3-5-19(18)30(13-14)17-8-6-16(7-9-17)23(24,25)26/h2-9,14H,1,10-13H2,(H,27,31)(H,28,29,32). The van der Waals surface area contributed by atoms with Crippen LogP contribution in [0.1, 0.15) is 22.5 Å². The summed E-state index contributed by atoms with van der Waals surface area (Å²) in [5, 5.41) is 6.53. The lowest BCUT2D eigenvalue weighted by atomic mass is 9.87. The third kappa shape index (κ3) is 5.00. The van der Waals surface area contributed by atoms with Gasteiger partial charge in [-0.05, 0) is 59.9 Å². The zero-order valence-corrected chi connectivity index (χ0v) is 17.5. The summed E-state index contributed by atoms with van der Waals surface area (Å²) in [6.07, 6.45) is -2.28. The lowest BCUT2D eigenvalue weighted by Gasteiger charge is -2.37. The van der Waals surface area contributed by atoms with Crippen molar-refractivity contribution in [3.8, 4) is 0 Å². The Labute approximate surface area is 186 Å². The molecule has 2 N–H and O–H groups in total. The molecule has 1 atom stereocenters. The quantitative estimate of drug-likeness (QED) is 0.551. The van der Waals surface area contributed by atoms with E-state index in [4.69, 9.17) is 0 Å². The minimum absolute atomic E-state index is 0.0128. The van der Waals surface area contributed by atoms with Gasteiger partial charge in [0.25, 0.3) is 0 Å². The molecule has 1 aromatic heterocycles. The summed E-state index contributed by atoms with van der Waals surface area (Å²) in [5.74, 6) is -0.584. The van der Waals surface area contributed by atoms with E-state index in [9.17, 15) is 22.8 Å². The van der Waals surface area contributed by atoms with Crippen LogP contribution in [0.25, 0.3) is 0 Å². The van der Waals surface area contributed by atoms with Crippen molar-refractivity contribution in [2.75, 3.05) is 18.0 Å². The van der Waals surface area contributed by atoms with Gasteiger partial charge in [-0.25, -0.2) is 4.79 Å². The summed E-state index contributed by atoms with van der Waals surface area (Å²) < 4.78 is 43.7. The van der Waals surface area contributed by atoms with Crippen LogP contribution >= 0.6 is 0 Å². The van der Waals surface area contributed by atoms with E-state index in [-0.39, 0.29) is 11.8 Å². The van der Waals surface area contributed by atoms with Crippen LogP contribution in [-0.4, -0.2) is 29.1 Å². The second-order valence-electron chi connectivity index (χ2n) is 7.81. The van der Waals surface area contributed by atoms with E-state index in [0.29, 0.717) is 37.4 Å². The van der Waals surface area contributed by atoms with Crippen LogP contribution in [0.5, 0.6) is 0 Å². The molecule has 172 valence electrons. The van der Waals surface area contributed by atoms with Gasteiger partial charge in [-0.1, -0.05) is 23.9 Å². The topological polar surface area (TPSA) is 91.2 Å². The number of nitrogens with zero attached hydrogens (tertiary/aromatic N) is 2. The summed E-state index contributed by atoms with van der Waals surface area (Å²) in [6, 6.07) is 10.7. The summed E-state index contributed by atoms with van der Waals surface area (Å²) in [6.45, 7) is 4.33. The van der Waals surface area contributed by atoms with Crippen LogP contribution in [-0.2, 0) is 23.8 Å². The third-order valence-electron chi connectivity index (χ3n) is 5.57. The Balaban J connectivity index is 1.70. The Kier molecular flexibility index (Phi) is 6.08. The zero-order valence-electron chi connectivity index (χ0n) is 17.5. The van der Waals surface area contributed by atoms with E-state index in [1.165, 1.54) is 18.2 Å². The summed E-state index contributed by atoms with van der Waals surface area (Å²) in [4.78, 5) is 27.5. The Morgan fingerprint density at radius 3 is 2.67 bits per heavy atom. The smallest absolute Gasteiger partial charge is 0.352 e. The molecule has 1 unspecified atom stereocenters. The maximum absolute atomic E-state index is 13.0. The van der Waals surface area contributed by atoms with Crippen molar-refractivity contribution in [3.05, 3.63) is 88.2 Å². The number of carbonyl (C=O) groups excluding carboxylic acids is 1. The lowest BCUT2D eigenvalue weighted by Crippen LogP contribution is -2.39. The van der Waals surface area contributed by atoms with E-state index < -0.39 is 17.5 Å². The number of hydrogen-bond donors (Lipinski definition) is 2. The highest BCUT2D eigenvalue weighted by Gasteiger charge is 2.31. The average molecular weight is 458 g/mol. The number of aromatic nitrogens is 2. The minimum Gasteiger partial charge on any atom is -0.352 e. The van der Waals surface area contributed by atoms with Crippen molar-refractivity contribution >= 4 is 17.3 Å². The van der Waals surface area contributed by atoms with Gasteiger partial charge in [0, 0.05) is 30.9 Å². The van der Waals surface area contributed by atoms with Crippen molar-refractivity contribution in [1.82, 2.24) is 15.5 Å². The first-order valence-electron chi connectivity index (χ1n) is 10.3. The lowest BCUT2D eigenvalue weighted by molar-refractivity contribution is -0.137. The van der Waals surface area contributed by atoms with Crippen LogP contribution in [0.2, 0.25) is 0 Å². The average Bonchev–Trinajstić information content (AvgIpc) is 3.21. The van der Waals surface area contributed by atoms with Crippen molar-refractivity contribution < 1.29 is 22.5 Å². The highest BCUT2D eigenvalue weighted by atomic mass is 19.4. The van der Waals surface area contributed by atoms with Gasteiger partial charge in [0.05, 0.1) is 5.56 Å². The van der Waals surface area contributed by atoms with Gasteiger partial charge in [0.15, 0.2) is 5.82 Å². The monoisotopic (exact) mass is 458 g/mol. The molecule has 0 fully saturated rings. The fourth-order valence-electron chi connectivity index (χ4n) is 4.03. The first-order valence-corrected chi connectivity index (χ1v) is 10.3. The highest BCUT2D eigenvalue weighted by Crippen LogP contribution is 2.39. The zero-order chi connectivity index (χ0) is 23.6. The van der Waals surface area contributed by atoms with E-state index in [0.717, 1.165) is 28.9 Å². The number of aromatic amines is 1. The molecule has 0 bridgehead atoms. The van der Waals surface area contributed by atoms with E-state index >= 15 is 0 Å². The number of carbonyl (C=O) groups is 1. The first-order chi connectivity index (χ1) is 15.7. The van der Waals surface area contributed by atoms with Crippen LogP contribution in [0.15, 0.2) is 64.4 Å². The fourth-order valence-corrected chi connectivity index (χ4v) is 4.03. The molecule has 1 aliphatic heterocycles. The van der Waals surface area contributed by atoms with Gasteiger partial charge in [-0.2, -0.15) is 13.2 Å². The fraction of sp³-hybridized carbons (Fsp3) is 0.261. The van der Waals surface area contributed by atoms with Gasteiger partial charge in [0.2, 0.25) is 5.91 Å². The first kappa shape index (κ1) is 22.4. The minimum atomic E-state index is -4.42.